The molecule has 2 fully saturated rings. The van der Waals surface area contributed by atoms with Gasteiger partial charge in [0.1, 0.15) is 5.82 Å². The second-order valence-corrected chi connectivity index (χ2v) is 10.0. The lowest BCUT2D eigenvalue weighted by atomic mass is 9.96. The van der Waals surface area contributed by atoms with Gasteiger partial charge in [0.15, 0.2) is 0 Å². The number of hydrogen-bond acceptors (Lipinski definition) is 6. The molecule has 8 heteroatoms. The highest BCUT2D eigenvalue weighted by Crippen LogP contribution is 2.29. The molecule has 0 saturated carbocycles. The first kappa shape index (κ1) is 24.6. The molecule has 0 spiro atoms. The molecule has 1 aromatic heterocycles. The molecule has 0 aliphatic carbocycles. The van der Waals surface area contributed by atoms with E-state index in [1.807, 2.05) is 13.0 Å². The van der Waals surface area contributed by atoms with Crippen molar-refractivity contribution in [1.82, 2.24) is 25.3 Å². The Morgan fingerprint density at radius 1 is 1.08 bits per heavy atom. The molecular formula is C28H34FN5O2. The average Bonchev–Trinajstić information content (AvgIpc) is 3.41. The van der Waals surface area contributed by atoms with Gasteiger partial charge >= 0.3 is 0 Å². The minimum Gasteiger partial charge on any atom is -0.352 e. The molecule has 2 aliphatic rings. The zero-order valence-electron chi connectivity index (χ0n) is 20.8. The summed E-state index contributed by atoms with van der Waals surface area (Å²) >= 11 is 0. The third kappa shape index (κ3) is 5.99. The van der Waals surface area contributed by atoms with Gasteiger partial charge in [0, 0.05) is 37.8 Å². The van der Waals surface area contributed by atoms with Crippen molar-refractivity contribution < 1.29 is 13.7 Å². The van der Waals surface area contributed by atoms with Crippen LogP contribution in [0.2, 0.25) is 0 Å². The predicted molar refractivity (Wildman–Crippen MR) is 136 cm³/mol. The fourth-order valence-corrected chi connectivity index (χ4v) is 5.24. The van der Waals surface area contributed by atoms with E-state index in [4.69, 9.17) is 4.52 Å². The molecular weight excluding hydrogens is 457 g/mol. The molecule has 1 amide bonds. The van der Waals surface area contributed by atoms with E-state index in [9.17, 15) is 9.18 Å². The van der Waals surface area contributed by atoms with Crippen molar-refractivity contribution in [2.75, 3.05) is 26.2 Å². The van der Waals surface area contributed by atoms with Crippen LogP contribution in [0.5, 0.6) is 0 Å². The van der Waals surface area contributed by atoms with Crippen LogP contribution in [-0.4, -0.2) is 64.1 Å². The van der Waals surface area contributed by atoms with E-state index in [-0.39, 0.29) is 29.7 Å². The van der Waals surface area contributed by atoms with Crippen molar-refractivity contribution in [3.63, 3.8) is 0 Å². The molecule has 7 nitrogen and oxygen atoms in total. The van der Waals surface area contributed by atoms with Gasteiger partial charge in [-0.05, 0) is 69.0 Å². The van der Waals surface area contributed by atoms with Crippen molar-refractivity contribution >= 4 is 5.91 Å². The van der Waals surface area contributed by atoms with E-state index >= 15 is 0 Å². The normalized spacial score (nSPS) is 20.8. The molecule has 5 rings (SSSR count). The molecule has 1 N–H and O–H groups in total. The highest BCUT2D eigenvalue weighted by atomic mass is 19.1. The lowest BCUT2D eigenvalue weighted by Crippen LogP contribution is -2.52. The maximum Gasteiger partial charge on any atom is 0.237 e. The Morgan fingerprint density at radius 3 is 2.58 bits per heavy atom. The van der Waals surface area contributed by atoms with E-state index in [0.29, 0.717) is 18.3 Å². The predicted octanol–water partition coefficient (Wildman–Crippen LogP) is 4.22. The van der Waals surface area contributed by atoms with Gasteiger partial charge in [-0.25, -0.2) is 4.39 Å². The molecule has 3 aromatic rings. The third-order valence-corrected chi connectivity index (χ3v) is 7.46. The Morgan fingerprint density at radius 2 is 1.83 bits per heavy atom. The number of aromatic nitrogens is 2. The summed E-state index contributed by atoms with van der Waals surface area (Å²) in [6.07, 6.45) is 3.86. The highest BCUT2D eigenvalue weighted by Gasteiger charge is 2.32. The zero-order valence-corrected chi connectivity index (χ0v) is 20.8. The van der Waals surface area contributed by atoms with Crippen molar-refractivity contribution in [2.24, 2.45) is 0 Å². The second-order valence-electron chi connectivity index (χ2n) is 10.0. The Balaban J connectivity index is 1.11. The maximum absolute atomic E-state index is 13.2. The number of likely N-dealkylation sites (tertiary alicyclic amines) is 2. The van der Waals surface area contributed by atoms with Crippen LogP contribution in [0.15, 0.2) is 59.1 Å². The Hall–Kier alpha value is -3.10. The van der Waals surface area contributed by atoms with Crippen LogP contribution < -0.4 is 5.32 Å². The zero-order chi connectivity index (χ0) is 24.9. The molecule has 0 bridgehead atoms. The number of nitrogens with one attached hydrogen (secondary N) is 1. The number of rotatable bonds is 7. The number of halogens is 1. The van der Waals surface area contributed by atoms with Gasteiger partial charge in [0.2, 0.25) is 17.6 Å². The van der Waals surface area contributed by atoms with Gasteiger partial charge in [0.25, 0.3) is 0 Å². The van der Waals surface area contributed by atoms with Gasteiger partial charge < -0.3 is 9.84 Å². The quantitative estimate of drug-likeness (QED) is 0.533. The summed E-state index contributed by atoms with van der Waals surface area (Å²) in [6, 6.07) is 16.6. The summed E-state index contributed by atoms with van der Waals surface area (Å²) in [6.45, 7) is 6.52. The Kier molecular flexibility index (Phi) is 7.72. The molecule has 2 saturated heterocycles. The summed E-state index contributed by atoms with van der Waals surface area (Å²) < 4.78 is 18.8. The topological polar surface area (TPSA) is 74.5 Å². The van der Waals surface area contributed by atoms with Crippen molar-refractivity contribution in [2.45, 2.75) is 57.2 Å². The summed E-state index contributed by atoms with van der Waals surface area (Å²) in [7, 11) is 0. The maximum atomic E-state index is 13.2. The number of carbonyl (C=O) groups is 1. The van der Waals surface area contributed by atoms with E-state index in [1.54, 1.807) is 12.1 Å². The van der Waals surface area contributed by atoms with Crippen LogP contribution in [0.1, 0.15) is 50.0 Å². The molecule has 2 aliphatic heterocycles. The minimum absolute atomic E-state index is 0.0805. The van der Waals surface area contributed by atoms with E-state index in [2.05, 4.69) is 49.5 Å². The van der Waals surface area contributed by atoms with Gasteiger partial charge in [0.05, 0.1) is 12.0 Å². The third-order valence-electron chi connectivity index (χ3n) is 7.46. The van der Waals surface area contributed by atoms with Crippen LogP contribution in [0, 0.1) is 5.82 Å². The molecule has 36 heavy (non-hydrogen) atoms. The van der Waals surface area contributed by atoms with Crippen molar-refractivity contribution in [3.05, 3.63) is 71.9 Å². The monoisotopic (exact) mass is 491 g/mol. The first-order valence-corrected chi connectivity index (χ1v) is 13.0. The minimum atomic E-state index is -0.296. The lowest BCUT2D eigenvalue weighted by Gasteiger charge is -2.37. The summed E-state index contributed by atoms with van der Waals surface area (Å²) in [5.74, 6) is 0.922. The first-order chi connectivity index (χ1) is 17.5. The number of amides is 1. The van der Waals surface area contributed by atoms with Gasteiger partial charge in [-0.2, -0.15) is 4.98 Å². The smallest absolute Gasteiger partial charge is 0.237 e. The van der Waals surface area contributed by atoms with Crippen molar-refractivity contribution in [1.29, 1.82) is 0 Å². The Bertz CT molecular complexity index is 1130. The molecule has 3 heterocycles. The average molecular weight is 492 g/mol. The van der Waals surface area contributed by atoms with Crippen LogP contribution in [0.25, 0.3) is 11.4 Å². The van der Waals surface area contributed by atoms with Crippen LogP contribution in [-0.2, 0) is 11.3 Å². The van der Waals surface area contributed by atoms with Gasteiger partial charge in [-0.3, -0.25) is 14.6 Å². The van der Waals surface area contributed by atoms with Gasteiger partial charge in [-0.15, -0.1) is 0 Å². The number of carbonyl (C=O) groups excluding carboxylic acids is 1. The number of nitrogens with zero attached hydrogens (tertiary/aromatic N) is 4. The van der Waals surface area contributed by atoms with Crippen LogP contribution in [0.3, 0.4) is 0 Å². The Labute approximate surface area is 211 Å². The lowest BCUT2D eigenvalue weighted by molar-refractivity contribution is -0.127. The highest BCUT2D eigenvalue weighted by molar-refractivity contribution is 5.81. The van der Waals surface area contributed by atoms with E-state index in [0.717, 1.165) is 57.4 Å². The fourth-order valence-electron chi connectivity index (χ4n) is 5.24. The summed E-state index contributed by atoms with van der Waals surface area (Å²) in [5, 5.41) is 7.39. The molecule has 2 unspecified atom stereocenters. The van der Waals surface area contributed by atoms with Crippen molar-refractivity contribution in [3.8, 4) is 11.4 Å². The summed E-state index contributed by atoms with van der Waals surface area (Å²) in [4.78, 5) is 22.3. The molecule has 2 atom stereocenters. The van der Waals surface area contributed by atoms with Crippen LogP contribution in [0.4, 0.5) is 4.39 Å². The number of benzene rings is 2. The molecule has 2 aromatic carbocycles. The summed E-state index contributed by atoms with van der Waals surface area (Å²) in [5.41, 5.74) is 2.06. The number of piperidine rings is 2. The van der Waals surface area contributed by atoms with E-state index in [1.165, 1.54) is 17.7 Å². The SMILES string of the molecule is CC(C(=O)NC1CCN(Cc2ccccc2)CC1)N1CCCC(c2nc(-c3ccc(F)cc3)no2)C1. The van der Waals surface area contributed by atoms with Gasteiger partial charge in [-0.1, -0.05) is 35.5 Å². The second kappa shape index (κ2) is 11.3. The molecule has 0 radical (unpaired) electrons. The number of hydrogen-bond donors (Lipinski definition) is 1. The first-order valence-electron chi connectivity index (χ1n) is 13.0. The fraction of sp³-hybridized carbons (Fsp3) is 0.464. The van der Waals surface area contributed by atoms with E-state index < -0.39 is 0 Å². The van der Waals surface area contributed by atoms with Crippen LogP contribution >= 0.6 is 0 Å². The standard InChI is InChI=1S/C28H34FN5O2/c1-20(27(35)30-25-13-16-33(17-14-25)18-21-6-3-2-4-7-21)34-15-5-8-23(19-34)28-31-26(32-36-28)22-9-11-24(29)12-10-22/h2-4,6-7,9-12,20,23,25H,5,8,13-19H2,1H3,(H,30,35). The molecule has 190 valence electrons. The largest absolute Gasteiger partial charge is 0.352 e.